The Hall–Kier alpha value is -2.93. The summed E-state index contributed by atoms with van der Waals surface area (Å²) in [4.78, 5) is 12.4. The van der Waals surface area contributed by atoms with E-state index in [1.54, 1.807) is 6.33 Å². The number of aromatic amines is 1. The van der Waals surface area contributed by atoms with Crippen molar-refractivity contribution in [2.45, 2.75) is 51.7 Å². The molecule has 3 unspecified atom stereocenters. The van der Waals surface area contributed by atoms with Gasteiger partial charge in [-0.15, -0.1) is 0 Å². The van der Waals surface area contributed by atoms with Gasteiger partial charge in [-0.3, -0.25) is 0 Å². The van der Waals surface area contributed by atoms with Crippen molar-refractivity contribution < 1.29 is 0 Å². The van der Waals surface area contributed by atoms with Crippen LogP contribution in [0.4, 0.5) is 11.5 Å². The van der Waals surface area contributed by atoms with Gasteiger partial charge in [-0.2, -0.15) is 0 Å². The maximum absolute atomic E-state index is 5.48. The van der Waals surface area contributed by atoms with Gasteiger partial charge in [0.1, 0.15) is 12.1 Å². The lowest BCUT2D eigenvalue weighted by Gasteiger charge is -2.25. The number of nitrogens with zero attached hydrogens (tertiary/aromatic N) is 3. The largest absolute Gasteiger partial charge is 0.382 e. The molecule has 0 aliphatic heterocycles. The van der Waals surface area contributed by atoms with E-state index in [2.05, 4.69) is 73.5 Å². The van der Waals surface area contributed by atoms with E-state index in [0.29, 0.717) is 12.6 Å². The van der Waals surface area contributed by atoms with Crippen molar-refractivity contribution in [3.63, 3.8) is 0 Å². The van der Waals surface area contributed by atoms with Gasteiger partial charge in [-0.1, -0.05) is 24.6 Å². The Bertz CT molecular complexity index is 1360. The van der Waals surface area contributed by atoms with Crippen LogP contribution >= 0.6 is 12.2 Å². The number of rotatable bonds is 6. The first-order valence-corrected chi connectivity index (χ1v) is 12.1. The van der Waals surface area contributed by atoms with Crippen LogP contribution in [-0.4, -0.2) is 25.6 Å². The molecule has 2 aliphatic rings. The summed E-state index contributed by atoms with van der Waals surface area (Å²) in [6, 6.07) is 13.5. The molecule has 0 spiro atoms. The number of H-pyrrole nitrogens is 1. The topological polar surface area (TPSA) is 70.6 Å². The van der Waals surface area contributed by atoms with E-state index in [4.69, 9.17) is 12.2 Å². The highest BCUT2D eigenvalue weighted by Gasteiger charge is 2.39. The van der Waals surface area contributed by atoms with E-state index in [1.165, 1.54) is 36.9 Å². The summed E-state index contributed by atoms with van der Waals surface area (Å²) in [6.45, 7) is 3.63. The number of imidazole rings is 1. The molecule has 3 atom stereocenters. The molecule has 2 saturated carbocycles. The van der Waals surface area contributed by atoms with Gasteiger partial charge in [0.15, 0.2) is 4.77 Å². The van der Waals surface area contributed by atoms with Gasteiger partial charge in [0, 0.05) is 30.2 Å². The first-order valence-electron chi connectivity index (χ1n) is 11.6. The molecular formula is C25H28N6S. The van der Waals surface area contributed by atoms with Gasteiger partial charge in [0.05, 0.1) is 16.6 Å². The number of nitrogens with one attached hydrogen (secondary N) is 3. The molecule has 2 aromatic heterocycles. The first-order chi connectivity index (χ1) is 15.7. The lowest BCUT2D eigenvalue weighted by molar-refractivity contribution is 0.439. The number of anilines is 2. The normalized spacial score (nSPS) is 22.1. The van der Waals surface area contributed by atoms with Crippen LogP contribution in [0.5, 0.6) is 0 Å². The highest BCUT2D eigenvalue weighted by Crippen LogP contribution is 2.45. The quantitative estimate of drug-likeness (QED) is 0.324. The number of hydrogen-bond donors (Lipinski definition) is 3. The zero-order valence-electron chi connectivity index (χ0n) is 18.3. The predicted octanol–water partition coefficient (Wildman–Crippen LogP) is 5.87. The summed E-state index contributed by atoms with van der Waals surface area (Å²) in [5.74, 6) is 2.62. The second-order valence-corrected chi connectivity index (χ2v) is 9.61. The average Bonchev–Trinajstić information content (AvgIpc) is 3.50. The maximum Gasteiger partial charge on any atom is 0.178 e. The number of para-hydroxylation sites is 1. The zero-order chi connectivity index (χ0) is 21.7. The van der Waals surface area contributed by atoms with Crippen LogP contribution in [0.15, 0.2) is 42.7 Å². The molecule has 3 N–H and O–H groups in total. The molecule has 0 radical (unpaired) electrons. The Labute approximate surface area is 192 Å². The molecule has 6 nitrogen and oxygen atoms in total. The van der Waals surface area contributed by atoms with Crippen LogP contribution in [0.25, 0.3) is 21.9 Å². The van der Waals surface area contributed by atoms with Gasteiger partial charge < -0.3 is 20.2 Å². The molecular weight excluding hydrogens is 416 g/mol. The summed E-state index contributed by atoms with van der Waals surface area (Å²) in [5.41, 5.74) is 5.51. The Kier molecular flexibility index (Phi) is 4.86. The van der Waals surface area contributed by atoms with Gasteiger partial charge in [-0.25, -0.2) is 9.97 Å². The predicted molar refractivity (Wildman–Crippen MR) is 133 cm³/mol. The minimum absolute atomic E-state index is 0.619. The second-order valence-electron chi connectivity index (χ2n) is 9.22. The van der Waals surface area contributed by atoms with E-state index >= 15 is 0 Å². The maximum atomic E-state index is 5.48. The molecule has 164 valence electrons. The number of aryl methyl sites for hydroxylation is 1. The third kappa shape index (κ3) is 3.35. The first kappa shape index (κ1) is 19.7. The van der Waals surface area contributed by atoms with Crippen LogP contribution in [0.3, 0.4) is 0 Å². The van der Waals surface area contributed by atoms with Crippen LogP contribution in [0, 0.1) is 16.6 Å². The molecule has 0 saturated heterocycles. The Morgan fingerprint density at radius 3 is 2.88 bits per heavy atom. The van der Waals surface area contributed by atoms with Gasteiger partial charge in [-0.05, 0) is 74.0 Å². The van der Waals surface area contributed by atoms with Gasteiger partial charge >= 0.3 is 0 Å². The van der Waals surface area contributed by atoms with Crippen LogP contribution in [0.2, 0.25) is 0 Å². The summed E-state index contributed by atoms with van der Waals surface area (Å²) < 4.78 is 2.83. The number of fused-ring (bicyclic) bond motifs is 4. The van der Waals surface area contributed by atoms with E-state index in [9.17, 15) is 0 Å². The fourth-order valence-corrected chi connectivity index (χ4v) is 6.12. The minimum atomic E-state index is 0.619. The molecule has 32 heavy (non-hydrogen) atoms. The van der Waals surface area contributed by atoms with Crippen molar-refractivity contribution in [3.05, 3.63) is 53.1 Å². The summed E-state index contributed by atoms with van der Waals surface area (Å²) in [7, 11) is 0. The molecule has 4 aromatic rings. The van der Waals surface area contributed by atoms with E-state index in [0.717, 1.165) is 50.9 Å². The van der Waals surface area contributed by atoms with Crippen molar-refractivity contribution in [3.8, 4) is 0 Å². The van der Waals surface area contributed by atoms with Crippen LogP contribution in [-0.2, 0) is 13.1 Å². The van der Waals surface area contributed by atoms with Gasteiger partial charge in [0.2, 0.25) is 0 Å². The monoisotopic (exact) mass is 444 g/mol. The molecule has 7 heteroatoms. The Morgan fingerprint density at radius 1 is 1.16 bits per heavy atom. The van der Waals surface area contributed by atoms with Gasteiger partial charge in [0.25, 0.3) is 0 Å². The van der Waals surface area contributed by atoms with E-state index in [-0.39, 0.29) is 0 Å². The third-order valence-corrected chi connectivity index (χ3v) is 7.71. The number of hydrogen-bond acceptors (Lipinski definition) is 5. The number of aromatic nitrogens is 4. The lowest BCUT2D eigenvalue weighted by Crippen LogP contribution is -2.26. The summed E-state index contributed by atoms with van der Waals surface area (Å²) >= 11 is 5.48. The highest BCUT2D eigenvalue weighted by atomic mass is 32.1. The number of benzene rings is 2. The summed E-state index contributed by atoms with van der Waals surface area (Å²) in [6.07, 6.45) is 7.16. The van der Waals surface area contributed by atoms with E-state index in [1.807, 2.05) is 0 Å². The molecule has 2 fully saturated rings. The smallest absolute Gasteiger partial charge is 0.178 e. The molecule has 2 bridgehead atoms. The summed E-state index contributed by atoms with van der Waals surface area (Å²) in [5, 5.41) is 8.43. The van der Waals surface area contributed by atoms with Crippen molar-refractivity contribution >= 4 is 45.7 Å². The van der Waals surface area contributed by atoms with Crippen molar-refractivity contribution in [2.24, 2.45) is 11.8 Å². The zero-order valence-corrected chi connectivity index (χ0v) is 19.1. The average molecular weight is 445 g/mol. The third-order valence-electron chi connectivity index (χ3n) is 7.39. The standard InChI is InChI=1S/C25H28N6S/c1-2-31-23-12-21-18(11-22(23)30-25(31)32)24(28-14-27-21)26-13-17-5-3-4-6-19(17)29-20-10-15-7-8-16(20)9-15/h3-6,11-12,14-16,20,29H,2,7-10,13H2,1H3,(H,30,32)(H,26,27,28). The van der Waals surface area contributed by atoms with Crippen molar-refractivity contribution in [1.82, 2.24) is 19.5 Å². The van der Waals surface area contributed by atoms with Crippen molar-refractivity contribution in [1.29, 1.82) is 0 Å². The minimum Gasteiger partial charge on any atom is -0.382 e. The fourth-order valence-electron chi connectivity index (χ4n) is 5.78. The van der Waals surface area contributed by atoms with E-state index < -0.39 is 0 Å². The lowest BCUT2D eigenvalue weighted by atomic mass is 9.95. The van der Waals surface area contributed by atoms with Crippen LogP contribution in [0.1, 0.15) is 38.2 Å². The molecule has 6 rings (SSSR count). The SMILES string of the molecule is CCn1c(=S)[nH]c2cc3c(NCc4ccccc4NC4CC5CCC4C5)ncnc3cc21. The fraction of sp³-hybridized carbons (Fsp3) is 0.400. The Balaban J connectivity index is 1.28. The second kappa shape index (κ2) is 7.89. The van der Waals surface area contributed by atoms with Crippen LogP contribution < -0.4 is 10.6 Å². The highest BCUT2D eigenvalue weighted by molar-refractivity contribution is 7.71. The molecule has 2 heterocycles. The van der Waals surface area contributed by atoms with Crippen molar-refractivity contribution in [2.75, 3.05) is 10.6 Å². The molecule has 0 amide bonds. The Morgan fingerprint density at radius 2 is 2.06 bits per heavy atom. The molecule has 2 aliphatic carbocycles. The molecule has 2 aromatic carbocycles.